The zero-order valence-corrected chi connectivity index (χ0v) is 18.9. The molecule has 1 aromatic carbocycles. The zero-order chi connectivity index (χ0) is 25.1. The van der Waals surface area contributed by atoms with Gasteiger partial charge in [0.15, 0.2) is 6.10 Å². The van der Waals surface area contributed by atoms with Gasteiger partial charge in [-0.2, -0.15) is 17.5 Å². The average molecular weight is 508 g/mol. The number of nitrogens with zero attached hydrogens (tertiary/aromatic N) is 3. The van der Waals surface area contributed by atoms with E-state index in [4.69, 9.17) is 10.5 Å². The summed E-state index contributed by atoms with van der Waals surface area (Å²) in [5.74, 6) is -1.23. The van der Waals surface area contributed by atoms with E-state index in [1.807, 2.05) is 0 Å². The van der Waals surface area contributed by atoms with Gasteiger partial charge in [-0.15, -0.1) is 0 Å². The molecule has 14 heteroatoms. The van der Waals surface area contributed by atoms with E-state index < -0.39 is 41.6 Å². The van der Waals surface area contributed by atoms with Gasteiger partial charge in [0, 0.05) is 5.39 Å². The molecule has 35 heavy (non-hydrogen) atoms. The first-order valence-electron chi connectivity index (χ1n) is 10.4. The van der Waals surface area contributed by atoms with Crippen LogP contribution < -0.4 is 21.3 Å². The van der Waals surface area contributed by atoms with E-state index in [1.54, 1.807) is 12.1 Å². The number of alkyl halides is 3. The van der Waals surface area contributed by atoms with Gasteiger partial charge in [0.1, 0.15) is 29.1 Å². The second-order valence-corrected chi connectivity index (χ2v) is 9.10. The number of hydrogen-bond acceptors (Lipinski definition) is 9. The van der Waals surface area contributed by atoms with E-state index in [1.165, 1.54) is 13.0 Å². The Hall–Kier alpha value is -3.49. The number of morpholine rings is 1. The highest BCUT2D eigenvalue weighted by atomic mass is 32.1. The quantitative estimate of drug-likeness (QED) is 0.421. The molecule has 2 aromatic heterocycles. The summed E-state index contributed by atoms with van der Waals surface area (Å²) in [6.45, 7) is 1.17. The fourth-order valence-electron chi connectivity index (χ4n) is 4.17. The largest absolute Gasteiger partial charge is 0.433 e. The molecule has 10 nitrogen and oxygen atoms in total. The minimum Gasteiger partial charge on any atom is -0.383 e. The van der Waals surface area contributed by atoms with Crippen LogP contribution in [0.25, 0.3) is 10.1 Å². The molecule has 3 atom stereocenters. The zero-order valence-electron chi connectivity index (χ0n) is 18.1. The van der Waals surface area contributed by atoms with Gasteiger partial charge < -0.3 is 26.2 Å². The van der Waals surface area contributed by atoms with Crippen LogP contribution in [0.1, 0.15) is 23.0 Å². The lowest BCUT2D eigenvalue weighted by atomic mass is 9.90. The summed E-state index contributed by atoms with van der Waals surface area (Å²) >= 11 is 1.06. The number of pyridine rings is 1. The van der Waals surface area contributed by atoms with Crippen molar-refractivity contribution in [1.82, 2.24) is 14.7 Å². The lowest BCUT2D eigenvalue weighted by Crippen LogP contribution is -2.68. The van der Waals surface area contributed by atoms with Gasteiger partial charge in [0.25, 0.3) is 11.8 Å². The van der Waals surface area contributed by atoms with Crippen LogP contribution in [0.5, 0.6) is 0 Å². The third-order valence-electron chi connectivity index (χ3n) is 5.98. The van der Waals surface area contributed by atoms with E-state index in [2.05, 4.69) is 20.0 Å². The fourth-order valence-corrected chi connectivity index (χ4v) is 5.02. The standard InChI is InChI=1S/C21H19F3N6O4S/c1-20(33,19-26-10-6-5-9-14(35-29-16(9)25)13(10)17(31)28-19)15-18(32)30(7-8-34-15)12-4-2-3-11(27-12)21(22,23)24/h2-6,15,19,26,33H,7-8H2,1H3,(H2,25,29)(H,28,31)/t15-,19?,20+/m0/s1. The molecule has 1 saturated heterocycles. The van der Waals surface area contributed by atoms with Crippen LogP contribution in [0.15, 0.2) is 30.3 Å². The summed E-state index contributed by atoms with van der Waals surface area (Å²) in [5, 5.41) is 17.6. The highest BCUT2D eigenvalue weighted by Crippen LogP contribution is 2.37. The number of nitrogens with two attached hydrogens (primary N) is 1. The number of hydrogen-bond donors (Lipinski definition) is 4. The predicted molar refractivity (Wildman–Crippen MR) is 121 cm³/mol. The lowest BCUT2D eigenvalue weighted by molar-refractivity contribution is -0.159. The minimum absolute atomic E-state index is 0.0577. The Morgan fingerprint density at radius 1 is 1.23 bits per heavy atom. The maximum atomic E-state index is 13.2. The first-order valence-corrected chi connectivity index (χ1v) is 11.2. The number of benzene rings is 1. The van der Waals surface area contributed by atoms with Gasteiger partial charge in [0.05, 0.1) is 29.1 Å². The normalized spacial score (nSPS) is 22.4. The number of anilines is 3. The summed E-state index contributed by atoms with van der Waals surface area (Å²) in [6.07, 6.45) is -7.35. The second-order valence-electron chi connectivity index (χ2n) is 8.33. The Balaban J connectivity index is 1.43. The van der Waals surface area contributed by atoms with Crippen molar-refractivity contribution in [2.75, 3.05) is 29.1 Å². The summed E-state index contributed by atoms with van der Waals surface area (Å²) in [4.78, 5) is 30.8. The van der Waals surface area contributed by atoms with Crippen molar-refractivity contribution in [3.63, 3.8) is 0 Å². The summed E-state index contributed by atoms with van der Waals surface area (Å²) in [6, 6.07) is 6.52. The van der Waals surface area contributed by atoms with Crippen molar-refractivity contribution in [2.24, 2.45) is 0 Å². The van der Waals surface area contributed by atoms with Crippen molar-refractivity contribution in [2.45, 2.75) is 31.0 Å². The van der Waals surface area contributed by atoms with E-state index >= 15 is 0 Å². The topological polar surface area (TPSA) is 143 Å². The van der Waals surface area contributed by atoms with Crippen LogP contribution in [0.3, 0.4) is 0 Å². The molecule has 0 aliphatic carbocycles. The van der Waals surface area contributed by atoms with Crippen molar-refractivity contribution < 1.29 is 32.6 Å². The SMILES string of the molecule is C[C@](O)(C1NC(=O)c2c(ccc3c(N)nsc23)N1)[C@H]1OCCN(c2cccc(C(F)(F)F)n2)C1=O. The van der Waals surface area contributed by atoms with Crippen LogP contribution in [0, 0.1) is 0 Å². The smallest absolute Gasteiger partial charge is 0.383 e. The molecule has 1 fully saturated rings. The Kier molecular flexibility index (Phi) is 5.34. The molecule has 2 aliphatic rings. The van der Waals surface area contributed by atoms with Gasteiger partial charge in [-0.05, 0) is 42.7 Å². The molecule has 5 rings (SSSR count). The number of nitrogen functional groups attached to an aromatic ring is 1. The van der Waals surface area contributed by atoms with Crippen molar-refractivity contribution >= 4 is 50.8 Å². The molecule has 1 unspecified atom stereocenters. The van der Waals surface area contributed by atoms with Crippen LogP contribution in [0.2, 0.25) is 0 Å². The molecule has 5 N–H and O–H groups in total. The molecule has 3 aromatic rings. The van der Waals surface area contributed by atoms with Crippen molar-refractivity contribution in [3.8, 4) is 0 Å². The number of ether oxygens (including phenoxy) is 1. The van der Waals surface area contributed by atoms with Gasteiger partial charge in [-0.25, -0.2) is 4.98 Å². The first-order chi connectivity index (χ1) is 16.5. The highest BCUT2D eigenvalue weighted by molar-refractivity contribution is 7.14. The Morgan fingerprint density at radius 3 is 2.74 bits per heavy atom. The van der Waals surface area contributed by atoms with Crippen LogP contribution in [0.4, 0.5) is 30.5 Å². The van der Waals surface area contributed by atoms with E-state index in [0.717, 1.165) is 28.6 Å². The number of carbonyl (C=O) groups excluding carboxylic acids is 2. The second kappa shape index (κ2) is 8.03. The number of aliphatic hydroxyl groups is 1. The molecular weight excluding hydrogens is 489 g/mol. The van der Waals surface area contributed by atoms with E-state index in [9.17, 15) is 27.9 Å². The monoisotopic (exact) mass is 508 g/mol. The highest BCUT2D eigenvalue weighted by Gasteiger charge is 2.50. The van der Waals surface area contributed by atoms with Crippen molar-refractivity contribution in [1.29, 1.82) is 0 Å². The molecular formula is C21H19F3N6O4S. The van der Waals surface area contributed by atoms with Crippen LogP contribution in [-0.4, -0.2) is 57.3 Å². The predicted octanol–water partition coefficient (Wildman–Crippen LogP) is 1.96. The Labute approximate surface area is 200 Å². The van der Waals surface area contributed by atoms with Crippen LogP contribution in [-0.2, 0) is 15.7 Å². The lowest BCUT2D eigenvalue weighted by Gasteiger charge is -2.44. The molecule has 2 amide bonds. The molecule has 4 heterocycles. The van der Waals surface area contributed by atoms with Gasteiger partial charge in [-0.3, -0.25) is 14.5 Å². The van der Waals surface area contributed by atoms with E-state index in [0.29, 0.717) is 27.2 Å². The fraction of sp³-hybridized carbons (Fsp3) is 0.333. The maximum Gasteiger partial charge on any atom is 0.433 e. The molecule has 2 aliphatic heterocycles. The average Bonchev–Trinajstić information content (AvgIpc) is 3.19. The number of nitrogens with one attached hydrogen (secondary N) is 2. The summed E-state index contributed by atoms with van der Waals surface area (Å²) in [5.41, 5.74) is 3.40. The summed E-state index contributed by atoms with van der Waals surface area (Å²) in [7, 11) is 0. The number of rotatable bonds is 3. The maximum absolute atomic E-state index is 13.2. The molecule has 184 valence electrons. The number of aromatic nitrogens is 2. The Morgan fingerprint density at radius 2 is 2.00 bits per heavy atom. The third-order valence-corrected chi connectivity index (χ3v) is 6.87. The van der Waals surface area contributed by atoms with Gasteiger partial charge in [0.2, 0.25) is 0 Å². The number of halogens is 3. The third kappa shape index (κ3) is 3.83. The first kappa shape index (κ1) is 23.3. The summed E-state index contributed by atoms with van der Waals surface area (Å²) < 4.78 is 49.5. The van der Waals surface area contributed by atoms with Crippen molar-refractivity contribution in [3.05, 3.63) is 41.6 Å². The van der Waals surface area contributed by atoms with E-state index in [-0.39, 0.29) is 19.0 Å². The van der Waals surface area contributed by atoms with Crippen LogP contribution >= 0.6 is 11.5 Å². The minimum atomic E-state index is -4.69. The molecule has 0 spiro atoms. The number of amides is 2. The molecule has 0 saturated carbocycles. The number of fused-ring (bicyclic) bond motifs is 3. The molecule has 0 radical (unpaired) electrons. The van der Waals surface area contributed by atoms with Gasteiger partial charge >= 0.3 is 6.18 Å². The number of carbonyl (C=O) groups is 2. The molecule has 0 bridgehead atoms. The Bertz CT molecular complexity index is 1340. The van der Waals surface area contributed by atoms with Gasteiger partial charge in [-0.1, -0.05) is 6.07 Å².